The maximum absolute atomic E-state index is 11.1. The lowest BCUT2D eigenvalue weighted by Crippen LogP contribution is -2.31. The van der Waals surface area contributed by atoms with Gasteiger partial charge in [-0.15, -0.1) is 0 Å². The monoisotopic (exact) mass is 272 g/mol. The van der Waals surface area contributed by atoms with Crippen LogP contribution in [0.3, 0.4) is 0 Å². The van der Waals surface area contributed by atoms with Gasteiger partial charge in [0.1, 0.15) is 6.10 Å². The van der Waals surface area contributed by atoms with Crippen molar-refractivity contribution in [2.75, 3.05) is 6.61 Å². The Balaban J connectivity index is 1.78. The van der Waals surface area contributed by atoms with E-state index in [4.69, 9.17) is 14.2 Å². The van der Waals surface area contributed by atoms with Crippen LogP contribution >= 0.6 is 0 Å². The predicted octanol–water partition coefficient (Wildman–Crippen LogP) is 1.95. The third kappa shape index (κ3) is 3.19. The Morgan fingerprint density at radius 1 is 1.26 bits per heavy atom. The molecule has 108 valence electrons. The van der Waals surface area contributed by atoms with Crippen LogP contribution in [0.1, 0.15) is 39.0 Å². The summed E-state index contributed by atoms with van der Waals surface area (Å²) >= 11 is 0. The molecule has 2 N–H and O–H groups in total. The van der Waals surface area contributed by atoms with Gasteiger partial charge in [0.05, 0.1) is 6.61 Å². The van der Waals surface area contributed by atoms with Gasteiger partial charge < -0.3 is 24.4 Å². The molecule has 0 aromatic rings. The Kier molecular flexibility index (Phi) is 4.66. The third-order valence-electron chi connectivity index (χ3n) is 3.34. The van der Waals surface area contributed by atoms with E-state index in [9.17, 15) is 15.0 Å². The first-order valence-electron chi connectivity index (χ1n) is 6.73. The zero-order valence-corrected chi connectivity index (χ0v) is 11.0. The minimum absolute atomic E-state index is 0.244. The van der Waals surface area contributed by atoms with Crippen molar-refractivity contribution in [2.45, 2.75) is 57.5 Å². The molecule has 19 heavy (non-hydrogen) atoms. The fraction of sp³-hybridized carbons (Fsp3) is 0.769. The lowest BCUT2D eigenvalue weighted by molar-refractivity contribution is -0.149. The first kappa shape index (κ1) is 14.1. The predicted molar refractivity (Wildman–Crippen MR) is 65.5 cm³/mol. The molecule has 2 rings (SSSR count). The van der Waals surface area contributed by atoms with Crippen molar-refractivity contribution in [3.8, 4) is 0 Å². The number of aliphatic hydroxyl groups is 2. The van der Waals surface area contributed by atoms with E-state index in [1.54, 1.807) is 0 Å². The molecule has 0 amide bonds. The van der Waals surface area contributed by atoms with E-state index in [2.05, 4.69) is 6.92 Å². The zero-order valence-electron chi connectivity index (χ0n) is 11.0. The summed E-state index contributed by atoms with van der Waals surface area (Å²) in [6.07, 6.45) is 3.47. The lowest BCUT2D eigenvalue weighted by atomic mass is 10.1. The van der Waals surface area contributed by atoms with Crippen LogP contribution in [0.15, 0.2) is 11.5 Å². The number of hydrogen-bond acceptors (Lipinski definition) is 6. The number of hydrogen-bond donors (Lipinski definition) is 2. The molecule has 0 aromatic carbocycles. The van der Waals surface area contributed by atoms with Crippen molar-refractivity contribution in [3.05, 3.63) is 11.5 Å². The molecule has 1 saturated heterocycles. The molecule has 3 atom stereocenters. The summed E-state index contributed by atoms with van der Waals surface area (Å²) in [5, 5.41) is 18.8. The summed E-state index contributed by atoms with van der Waals surface area (Å²) in [4.78, 5) is 11.1. The summed E-state index contributed by atoms with van der Waals surface area (Å²) in [7, 11) is 0. The molecule has 2 heterocycles. The van der Waals surface area contributed by atoms with Gasteiger partial charge in [-0.1, -0.05) is 26.2 Å². The van der Waals surface area contributed by atoms with Crippen LogP contribution in [0.25, 0.3) is 0 Å². The SMILES string of the molecule is CCCCCCC1OCC(C2OC(=O)C(O)=C2O)O1. The van der Waals surface area contributed by atoms with Crippen LogP contribution in [-0.4, -0.2) is 41.3 Å². The van der Waals surface area contributed by atoms with Gasteiger partial charge in [-0.25, -0.2) is 4.79 Å². The number of unbranched alkanes of at least 4 members (excludes halogenated alkanes) is 3. The van der Waals surface area contributed by atoms with Gasteiger partial charge in [0.2, 0.25) is 5.76 Å². The number of cyclic esters (lactones) is 1. The van der Waals surface area contributed by atoms with Gasteiger partial charge in [-0.2, -0.15) is 0 Å². The average Bonchev–Trinajstić information content (AvgIpc) is 2.96. The van der Waals surface area contributed by atoms with Gasteiger partial charge in [0.15, 0.2) is 18.2 Å². The van der Waals surface area contributed by atoms with Gasteiger partial charge in [-0.3, -0.25) is 0 Å². The fourth-order valence-corrected chi connectivity index (χ4v) is 2.24. The normalized spacial score (nSPS) is 31.0. The second-order valence-corrected chi connectivity index (χ2v) is 4.85. The summed E-state index contributed by atoms with van der Waals surface area (Å²) in [6, 6.07) is 0. The molecule has 0 radical (unpaired) electrons. The topological polar surface area (TPSA) is 85.2 Å². The summed E-state index contributed by atoms with van der Waals surface area (Å²) in [5.41, 5.74) is 0. The summed E-state index contributed by atoms with van der Waals surface area (Å²) in [5.74, 6) is -2.12. The number of carbonyl (C=O) groups is 1. The minimum Gasteiger partial charge on any atom is -0.505 e. The van der Waals surface area contributed by atoms with Crippen LogP contribution in [0, 0.1) is 0 Å². The number of aliphatic hydroxyl groups excluding tert-OH is 2. The molecule has 0 aliphatic carbocycles. The van der Waals surface area contributed by atoms with Crippen molar-refractivity contribution in [1.82, 2.24) is 0 Å². The maximum atomic E-state index is 11.1. The largest absolute Gasteiger partial charge is 0.505 e. The van der Waals surface area contributed by atoms with Gasteiger partial charge in [-0.05, 0) is 12.8 Å². The van der Waals surface area contributed by atoms with Crippen LogP contribution in [0.5, 0.6) is 0 Å². The van der Waals surface area contributed by atoms with Gasteiger partial charge >= 0.3 is 5.97 Å². The molecule has 0 spiro atoms. The van der Waals surface area contributed by atoms with Crippen molar-refractivity contribution in [2.24, 2.45) is 0 Å². The van der Waals surface area contributed by atoms with E-state index in [0.717, 1.165) is 19.3 Å². The molecule has 0 saturated carbocycles. The Morgan fingerprint density at radius 2 is 2.05 bits per heavy atom. The highest BCUT2D eigenvalue weighted by Crippen LogP contribution is 2.28. The van der Waals surface area contributed by atoms with Crippen LogP contribution in [0.2, 0.25) is 0 Å². The molecular formula is C13H20O6. The highest BCUT2D eigenvalue weighted by molar-refractivity contribution is 5.89. The Hall–Kier alpha value is -1.27. The number of ether oxygens (including phenoxy) is 3. The molecule has 2 aliphatic rings. The summed E-state index contributed by atoms with van der Waals surface area (Å²) < 4.78 is 15.9. The molecule has 6 nitrogen and oxygen atoms in total. The van der Waals surface area contributed by atoms with Crippen LogP contribution < -0.4 is 0 Å². The standard InChI is InChI=1S/C13H20O6/c1-2-3-4-5-6-9-17-7-8(18-9)12-10(14)11(15)13(16)19-12/h8-9,12,14-15H,2-7H2,1H3. The van der Waals surface area contributed by atoms with Crippen molar-refractivity contribution < 1.29 is 29.2 Å². The van der Waals surface area contributed by atoms with Crippen molar-refractivity contribution in [3.63, 3.8) is 0 Å². The first-order chi connectivity index (χ1) is 9.13. The van der Waals surface area contributed by atoms with E-state index in [-0.39, 0.29) is 12.9 Å². The van der Waals surface area contributed by atoms with Crippen LogP contribution in [-0.2, 0) is 19.0 Å². The lowest BCUT2D eigenvalue weighted by Gasteiger charge is -2.16. The van der Waals surface area contributed by atoms with E-state index < -0.39 is 29.7 Å². The minimum atomic E-state index is -0.951. The van der Waals surface area contributed by atoms with E-state index in [0.29, 0.717) is 0 Å². The van der Waals surface area contributed by atoms with E-state index in [1.807, 2.05) is 0 Å². The zero-order chi connectivity index (χ0) is 13.8. The quantitative estimate of drug-likeness (QED) is 0.568. The highest BCUT2D eigenvalue weighted by Gasteiger charge is 2.44. The molecule has 6 heteroatoms. The molecule has 0 bridgehead atoms. The third-order valence-corrected chi connectivity index (χ3v) is 3.34. The number of esters is 1. The molecule has 2 aliphatic heterocycles. The first-order valence-corrected chi connectivity index (χ1v) is 6.73. The van der Waals surface area contributed by atoms with E-state index >= 15 is 0 Å². The van der Waals surface area contributed by atoms with Crippen LogP contribution in [0.4, 0.5) is 0 Å². The molecule has 0 aromatic heterocycles. The van der Waals surface area contributed by atoms with Gasteiger partial charge in [0.25, 0.3) is 0 Å². The number of rotatable bonds is 6. The smallest absolute Gasteiger partial charge is 0.377 e. The molecular weight excluding hydrogens is 252 g/mol. The second-order valence-electron chi connectivity index (χ2n) is 4.85. The van der Waals surface area contributed by atoms with Gasteiger partial charge in [0, 0.05) is 0 Å². The average molecular weight is 272 g/mol. The molecule has 1 fully saturated rings. The summed E-state index contributed by atoms with van der Waals surface area (Å²) in [6.45, 7) is 2.39. The number of carbonyl (C=O) groups excluding carboxylic acids is 1. The fourth-order valence-electron chi connectivity index (χ4n) is 2.24. The Labute approximate surface area is 112 Å². The van der Waals surface area contributed by atoms with E-state index in [1.165, 1.54) is 12.8 Å². The Morgan fingerprint density at radius 3 is 2.68 bits per heavy atom. The van der Waals surface area contributed by atoms with Crippen molar-refractivity contribution in [1.29, 1.82) is 0 Å². The van der Waals surface area contributed by atoms with Crippen molar-refractivity contribution >= 4 is 5.97 Å². The highest BCUT2D eigenvalue weighted by atomic mass is 16.7. The maximum Gasteiger partial charge on any atom is 0.377 e. The Bertz CT molecular complexity index is 364. The second kappa shape index (κ2) is 6.25. The molecule has 3 unspecified atom stereocenters.